The molecule has 5 heteroatoms. The lowest BCUT2D eigenvalue weighted by atomic mass is 9.96. The first-order valence-electron chi connectivity index (χ1n) is 8.62. The molecular formula is C19H22N4O. The number of hydrogen-bond acceptors (Lipinski definition) is 4. The average Bonchev–Trinajstić information content (AvgIpc) is 3.22. The maximum Gasteiger partial charge on any atom is 0.159 e. The molecule has 24 heavy (non-hydrogen) atoms. The van der Waals surface area contributed by atoms with Gasteiger partial charge in [0.15, 0.2) is 5.65 Å². The number of fused-ring (bicyclic) bond motifs is 3. The van der Waals surface area contributed by atoms with E-state index in [0.717, 1.165) is 36.1 Å². The molecule has 0 aliphatic carbocycles. The fourth-order valence-corrected chi connectivity index (χ4v) is 3.64. The minimum Gasteiger partial charge on any atom is -0.371 e. The molecule has 4 rings (SSSR count). The van der Waals surface area contributed by atoms with Crippen molar-refractivity contribution in [1.29, 1.82) is 0 Å². The Morgan fingerprint density at radius 3 is 3.08 bits per heavy atom. The molecule has 0 amide bonds. The Labute approximate surface area is 141 Å². The van der Waals surface area contributed by atoms with Gasteiger partial charge in [-0.25, -0.2) is 9.97 Å². The van der Waals surface area contributed by atoms with Gasteiger partial charge in [0.2, 0.25) is 0 Å². The molecule has 0 radical (unpaired) electrons. The minimum atomic E-state index is 0.132. The van der Waals surface area contributed by atoms with E-state index in [2.05, 4.69) is 25.9 Å². The molecule has 0 spiro atoms. The standard InChI is InChI=1S/C19H22N4O/c1-12(2)17(24)9-13-5-8-23(11-13)16-4-7-20-15-10-22-19-14(18(15)16)3-6-21-19/h3-4,6-7,10,12-13,20H,5,8-9,11H2,1-2H3. The Bertz CT molecular complexity index is 899. The van der Waals surface area contributed by atoms with E-state index in [0.29, 0.717) is 18.1 Å². The molecule has 1 unspecified atom stereocenters. The van der Waals surface area contributed by atoms with Gasteiger partial charge in [-0.2, -0.15) is 0 Å². The number of carbonyl (C=O) groups excluding carboxylic acids is 1. The predicted octanol–water partition coefficient (Wildman–Crippen LogP) is 3.55. The highest BCUT2D eigenvalue weighted by Gasteiger charge is 2.27. The number of nitrogens with one attached hydrogen (secondary N) is 1. The number of nitrogens with zero attached hydrogens (tertiary/aromatic N) is 3. The average molecular weight is 322 g/mol. The second-order valence-corrected chi connectivity index (χ2v) is 7.02. The first-order valence-corrected chi connectivity index (χ1v) is 8.62. The summed E-state index contributed by atoms with van der Waals surface area (Å²) in [7, 11) is 0. The van der Waals surface area contributed by atoms with Crippen LogP contribution in [0.25, 0.3) is 21.9 Å². The molecular weight excluding hydrogens is 300 g/mol. The van der Waals surface area contributed by atoms with Crippen LogP contribution in [0.3, 0.4) is 0 Å². The smallest absolute Gasteiger partial charge is 0.159 e. The molecule has 1 aliphatic heterocycles. The van der Waals surface area contributed by atoms with E-state index >= 15 is 0 Å². The molecule has 1 fully saturated rings. The van der Waals surface area contributed by atoms with Crippen LogP contribution in [0.4, 0.5) is 5.69 Å². The van der Waals surface area contributed by atoms with E-state index in [9.17, 15) is 4.79 Å². The Morgan fingerprint density at radius 1 is 1.38 bits per heavy atom. The minimum absolute atomic E-state index is 0.132. The van der Waals surface area contributed by atoms with Crippen LogP contribution in [-0.4, -0.2) is 33.8 Å². The fourth-order valence-electron chi connectivity index (χ4n) is 3.64. The zero-order valence-electron chi connectivity index (χ0n) is 14.1. The van der Waals surface area contributed by atoms with Gasteiger partial charge in [-0.05, 0) is 24.5 Å². The van der Waals surface area contributed by atoms with Crippen molar-refractivity contribution in [2.75, 3.05) is 18.0 Å². The van der Waals surface area contributed by atoms with Crippen LogP contribution in [0.5, 0.6) is 0 Å². The number of H-pyrrole nitrogens is 1. The number of carbonyl (C=O) groups is 1. The third-order valence-corrected chi connectivity index (χ3v) is 5.03. The summed E-state index contributed by atoms with van der Waals surface area (Å²) in [6.45, 7) is 5.91. The van der Waals surface area contributed by atoms with Crippen LogP contribution in [0, 0.1) is 11.8 Å². The summed E-state index contributed by atoms with van der Waals surface area (Å²) in [5.74, 6) is 0.960. The van der Waals surface area contributed by atoms with E-state index in [4.69, 9.17) is 0 Å². The zero-order chi connectivity index (χ0) is 16.7. The van der Waals surface area contributed by atoms with E-state index in [1.165, 1.54) is 11.1 Å². The summed E-state index contributed by atoms with van der Waals surface area (Å²) in [4.78, 5) is 26.5. The molecule has 3 aromatic heterocycles. The fraction of sp³-hybridized carbons (Fsp3) is 0.421. The van der Waals surface area contributed by atoms with Crippen molar-refractivity contribution in [3.05, 3.63) is 30.7 Å². The summed E-state index contributed by atoms with van der Waals surface area (Å²) in [6, 6.07) is 4.15. The number of Topliss-reactive ketones (excluding diaryl/α,β-unsaturated/α-hetero) is 1. The Kier molecular flexibility index (Phi) is 3.71. The number of anilines is 1. The third kappa shape index (κ3) is 2.54. The monoisotopic (exact) mass is 322 g/mol. The maximum atomic E-state index is 12.1. The molecule has 1 N–H and O–H groups in total. The van der Waals surface area contributed by atoms with Crippen molar-refractivity contribution < 1.29 is 4.79 Å². The van der Waals surface area contributed by atoms with Gasteiger partial charge in [0.1, 0.15) is 5.78 Å². The van der Waals surface area contributed by atoms with Crippen molar-refractivity contribution in [3.8, 4) is 0 Å². The van der Waals surface area contributed by atoms with E-state index in [1.54, 1.807) is 0 Å². The first-order chi connectivity index (χ1) is 11.6. The molecule has 124 valence electrons. The van der Waals surface area contributed by atoms with Crippen LogP contribution < -0.4 is 4.90 Å². The van der Waals surface area contributed by atoms with Crippen LogP contribution >= 0.6 is 0 Å². The van der Waals surface area contributed by atoms with Gasteiger partial charge in [-0.15, -0.1) is 0 Å². The van der Waals surface area contributed by atoms with Crippen LogP contribution in [0.2, 0.25) is 0 Å². The maximum absolute atomic E-state index is 12.1. The lowest BCUT2D eigenvalue weighted by molar-refractivity contribution is -0.122. The van der Waals surface area contributed by atoms with Gasteiger partial charge in [0, 0.05) is 54.3 Å². The van der Waals surface area contributed by atoms with Crippen molar-refractivity contribution in [2.45, 2.75) is 26.7 Å². The quantitative estimate of drug-likeness (QED) is 0.798. The lowest BCUT2D eigenvalue weighted by Crippen LogP contribution is -2.21. The van der Waals surface area contributed by atoms with Crippen molar-refractivity contribution in [3.63, 3.8) is 0 Å². The summed E-state index contributed by atoms with van der Waals surface area (Å²) < 4.78 is 0. The largest absolute Gasteiger partial charge is 0.371 e. The van der Waals surface area contributed by atoms with Crippen LogP contribution in [0.1, 0.15) is 26.7 Å². The summed E-state index contributed by atoms with van der Waals surface area (Å²) in [5.41, 5.74) is 3.02. The van der Waals surface area contributed by atoms with Crippen molar-refractivity contribution >= 4 is 33.4 Å². The van der Waals surface area contributed by atoms with E-state index in [-0.39, 0.29) is 5.92 Å². The number of pyridine rings is 2. The normalized spacial score (nSPS) is 18.1. The van der Waals surface area contributed by atoms with Gasteiger partial charge >= 0.3 is 0 Å². The van der Waals surface area contributed by atoms with Gasteiger partial charge in [0.25, 0.3) is 0 Å². The highest BCUT2D eigenvalue weighted by atomic mass is 16.1. The molecule has 0 bridgehead atoms. The lowest BCUT2D eigenvalue weighted by Gasteiger charge is -2.21. The van der Waals surface area contributed by atoms with Crippen molar-refractivity contribution in [2.24, 2.45) is 11.8 Å². The molecule has 1 atom stereocenters. The number of hydrogen-bond donors (Lipinski definition) is 1. The Morgan fingerprint density at radius 2 is 2.25 bits per heavy atom. The van der Waals surface area contributed by atoms with Gasteiger partial charge in [-0.3, -0.25) is 4.79 Å². The van der Waals surface area contributed by atoms with Crippen molar-refractivity contribution in [1.82, 2.24) is 15.0 Å². The van der Waals surface area contributed by atoms with Gasteiger partial charge < -0.3 is 9.88 Å². The molecule has 3 aromatic rings. The second-order valence-electron chi connectivity index (χ2n) is 7.02. The Hall–Kier alpha value is -2.43. The second kappa shape index (κ2) is 5.89. The first kappa shape index (κ1) is 15.1. The summed E-state index contributed by atoms with van der Waals surface area (Å²) in [5, 5.41) is 2.26. The van der Waals surface area contributed by atoms with E-state index in [1.807, 2.05) is 38.5 Å². The highest BCUT2D eigenvalue weighted by molar-refractivity contribution is 6.10. The molecule has 0 saturated carbocycles. The summed E-state index contributed by atoms with van der Waals surface area (Å²) >= 11 is 0. The Balaban J connectivity index is 1.68. The highest BCUT2D eigenvalue weighted by Crippen LogP contribution is 2.34. The third-order valence-electron chi connectivity index (χ3n) is 5.03. The molecule has 4 heterocycles. The topological polar surface area (TPSA) is 61.9 Å². The molecule has 0 aromatic carbocycles. The van der Waals surface area contributed by atoms with Gasteiger partial charge in [-0.1, -0.05) is 13.8 Å². The number of ketones is 1. The number of aromatic amines is 1. The molecule has 1 saturated heterocycles. The number of rotatable bonds is 4. The van der Waals surface area contributed by atoms with E-state index < -0.39 is 0 Å². The van der Waals surface area contributed by atoms with Crippen LogP contribution in [-0.2, 0) is 4.79 Å². The summed E-state index contributed by atoms with van der Waals surface area (Å²) in [6.07, 6.45) is 7.39. The predicted molar refractivity (Wildman–Crippen MR) is 96.2 cm³/mol. The zero-order valence-corrected chi connectivity index (χ0v) is 14.1. The molecule has 1 aliphatic rings. The SMILES string of the molecule is CC(C)C(=O)CC1CCN(c2cc[nH]c3cnc4nccc4c23)C1. The molecule has 5 nitrogen and oxygen atoms in total. The van der Waals surface area contributed by atoms with Gasteiger partial charge in [0.05, 0.1) is 11.7 Å². The van der Waals surface area contributed by atoms with Crippen LogP contribution in [0.15, 0.2) is 30.7 Å². The number of aromatic nitrogens is 3.